The van der Waals surface area contributed by atoms with Crippen molar-refractivity contribution in [3.63, 3.8) is 0 Å². The summed E-state index contributed by atoms with van der Waals surface area (Å²) in [6.45, 7) is 2.05. The summed E-state index contributed by atoms with van der Waals surface area (Å²) in [6.07, 6.45) is 3.68. The fourth-order valence-electron chi connectivity index (χ4n) is 4.43. The Kier molecular flexibility index (Phi) is 7.15. The van der Waals surface area contributed by atoms with E-state index in [4.69, 9.17) is 11.6 Å². The Balaban J connectivity index is 1.62. The molecule has 10 heteroatoms. The third-order valence-corrected chi connectivity index (χ3v) is 6.60. The topological polar surface area (TPSA) is 102 Å². The average molecular weight is 530 g/mol. The molecule has 0 aliphatic carbocycles. The maximum Gasteiger partial charge on any atom is 0.164 e. The Morgan fingerprint density at radius 3 is 2.58 bits per heavy atom. The van der Waals surface area contributed by atoms with Crippen LogP contribution in [0.5, 0.6) is 0 Å². The second-order valence-corrected chi connectivity index (χ2v) is 9.05. The zero-order valence-corrected chi connectivity index (χ0v) is 21.0. The lowest BCUT2D eigenvalue weighted by Crippen LogP contribution is -2.15. The number of aromatic nitrogens is 4. The van der Waals surface area contributed by atoms with Crippen LogP contribution < -0.4 is 10.6 Å². The van der Waals surface area contributed by atoms with Gasteiger partial charge in [-0.2, -0.15) is 20.7 Å². The van der Waals surface area contributed by atoms with Crippen molar-refractivity contribution in [2.75, 3.05) is 10.6 Å². The number of rotatable bonds is 8. The van der Waals surface area contributed by atoms with Crippen molar-refractivity contribution in [2.24, 2.45) is 0 Å². The first-order valence-electron chi connectivity index (χ1n) is 11.9. The van der Waals surface area contributed by atoms with Gasteiger partial charge in [0.05, 0.1) is 34.0 Å². The highest BCUT2D eigenvalue weighted by Crippen LogP contribution is 2.37. The van der Waals surface area contributed by atoms with E-state index in [1.807, 2.05) is 30.3 Å². The molecule has 190 valence electrons. The molecule has 38 heavy (non-hydrogen) atoms. The molecule has 5 aromatic rings. The summed E-state index contributed by atoms with van der Waals surface area (Å²) in [6, 6.07) is 18.5. The monoisotopic (exact) mass is 529 g/mol. The number of pyridine rings is 1. The van der Waals surface area contributed by atoms with Gasteiger partial charge in [-0.3, -0.25) is 4.98 Å². The molecule has 0 aliphatic rings. The van der Waals surface area contributed by atoms with Crippen molar-refractivity contribution in [3.05, 3.63) is 112 Å². The van der Waals surface area contributed by atoms with Crippen LogP contribution in [-0.4, -0.2) is 20.4 Å². The van der Waals surface area contributed by atoms with E-state index < -0.39 is 17.7 Å². The van der Waals surface area contributed by atoms with Gasteiger partial charge in [-0.15, -0.1) is 0 Å². The summed E-state index contributed by atoms with van der Waals surface area (Å²) in [5.74, 6) is -1.97. The Labute approximate surface area is 222 Å². The van der Waals surface area contributed by atoms with Gasteiger partial charge in [0.25, 0.3) is 0 Å². The van der Waals surface area contributed by atoms with Crippen molar-refractivity contribution in [2.45, 2.75) is 25.4 Å². The summed E-state index contributed by atoms with van der Waals surface area (Å²) in [7, 11) is 0. The number of aromatic amines is 1. The van der Waals surface area contributed by atoms with Crippen LogP contribution in [0.4, 0.5) is 20.2 Å². The molecule has 2 atom stereocenters. The molecule has 0 aliphatic heterocycles. The van der Waals surface area contributed by atoms with Crippen LogP contribution in [-0.2, 0) is 0 Å². The summed E-state index contributed by atoms with van der Waals surface area (Å²) < 4.78 is 28.9. The van der Waals surface area contributed by atoms with E-state index in [9.17, 15) is 14.0 Å². The highest BCUT2D eigenvalue weighted by molar-refractivity contribution is 6.35. The lowest BCUT2D eigenvalue weighted by molar-refractivity contribution is 0.496. The van der Waals surface area contributed by atoms with Gasteiger partial charge in [0, 0.05) is 22.8 Å². The molecular formula is C28H22ClF2N7. The quantitative estimate of drug-likeness (QED) is 0.201. The first-order valence-corrected chi connectivity index (χ1v) is 12.3. The second-order valence-electron chi connectivity index (χ2n) is 8.64. The van der Waals surface area contributed by atoms with Crippen molar-refractivity contribution in [1.29, 1.82) is 5.26 Å². The first kappa shape index (κ1) is 25.1. The predicted octanol–water partition coefficient (Wildman–Crippen LogP) is 6.92. The smallest absolute Gasteiger partial charge is 0.164 e. The van der Waals surface area contributed by atoms with Crippen LogP contribution in [0.2, 0.25) is 5.02 Å². The molecule has 0 bridgehead atoms. The van der Waals surface area contributed by atoms with Gasteiger partial charge in [-0.05, 0) is 30.2 Å². The number of hydrogen-bond acceptors (Lipinski definition) is 6. The Hall–Kier alpha value is -4.55. The maximum atomic E-state index is 14.8. The van der Waals surface area contributed by atoms with Gasteiger partial charge in [0.15, 0.2) is 11.6 Å². The predicted molar refractivity (Wildman–Crippen MR) is 143 cm³/mol. The molecule has 3 aromatic carbocycles. The molecule has 0 spiro atoms. The van der Waals surface area contributed by atoms with Gasteiger partial charge in [-0.25, -0.2) is 8.78 Å². The van der Waals surface area contributed by atoms with Crippen molar-refractivity contribution < 1.29 is 8.78 Å². The molecular weight excluding hydrogens is 508 g/mol. The standard InChI is InChI=1S/C28H22ClF2N7/c1-2-23(16-7-4-3-5-8-16)36-26-17(13-32)14-33-27-20(26)11-18(12-21(27)29)35-28(24-15-34-38-37-24)19-9-6-10-22(30)25(19)31/h3-12,14-15,23,28,35H,2H2,1H3,(H,33,36)(H,34,37,38)/t23-,28+/m1/s1. The second kappa shape index (κ2) is 10.8. The highest BCUT2D eigenvalue weighted by Gasteiger charge is 2.24. The average Bonchev–Trinajstić information content (AvgIpc) is 3.47. The third kappa shape index (κ3) is 4.86. The van der Waals surface area contributed by atoms with E-state index >= 15 is 0 Å². The summed E-state index contributed by atoms with van der Waals surface area (Å²) >= 11 is 6.65. The highest BCUT2D eigenvalue weighted by atomic mass is 35.5. The normalized spacial score (nSPS) is 12.6. The van der Waals surface area contributed by atoms with Crippen molar-refractivity contribution in [3.8, 4) is 6.07 Å². The van der Waals surface area contributed by atoms with Crippen LogP contribution in [0.25, 0.3) is 10.9 Å². The van der Waals surface area contributed by atoms with E-state index in [1.54, 1.807) is 12.1 Å². The fourth-order valence-corrected chi connectivity index (χ4v) is 4.70. The lowest BCUT2D eigenvalue weighted by Gasteiger charge is -2.22. The first-order chi connectivity index (χ1) is 18.5. The summed E-state index contributed by atoms with van der Waals surface area (Å²) in [5.41, 5.74) is 3.38. The molecule has 0 fully saturated rings. The molecule has 7 nitrogen and oxygen atoms in total. The van der Waals surface area contributed by atoms with E-state index in [-0.39, 0.29) is 11.6 Å². The number of halogens is 3. The molecule has 3 N–H and O–H groups in total. The SMILES string of the molecule is CC[C@@H](Nc1c(C#N)cnc2c(Cl)cc(N[C@H](c3cn[nH]n3)c3cccc(F)c3F)cc12)c1ccccc1. The number of anilines is 2. The summed E-state index contributed by atoms with van der Waals surface area (Å²) in [4.78, 5) is 4.41. The Morgan fingerprint density at radius 1 is 1.05 bits per heavy atom. The largest absolute Gasteiger partial charge is 0.377 e. The van der Waals surface area contributed by atoms with Gasteiger partial charge in [-0.1, -0.05) is 61.0 Å². The minimum Gasteiger partial charge on any atom is -0.377 e. The molecule has 0 unspecified atom stereocenters. The van der Waals surface area contributed by atoms with E-state index in [1.165, 1.54) is 24.5 Å². The minimum absolute atomic E-state index is 0.0486. The maximum absolute atomic E-state index is 14.8. The Morgan fingerprint density at radius 2 is 1.87 bits per heavy atom. The molecule has 0 radical (unpaired) electrons. The van der Waals surface area contributed by atoms with Gasteiger partial charge >= 0.3 is 0 Å². The molecule has 5 rings (SSSR count). The molecule has 2 aromatic heterocycles. The van der Waals surface area contributed by atoms with Crippen LogP contribution in [0.15, 0.2) is 73.1 Å². The number of fused-ring (bicyclic) bond motifs is 1. The number of benzene rings is 3. The third-order valence-electron chi connectivity index (χ3n) is 6.31. The van der Waals surface area contributed by atoms with E-state index in [0.717, 1.165) is 18.1 Å². The fraction of sp³-hybridized carbons (Fsp3) is 0.143. The van der Waals surface area contributed by atoms with Crippen molar-refractivity contribution >= 4 is 33.9 Å². The van der Waals surface area contributed by atoms with E-state index in [0.29, 0.717) is 38.6 Å². The molecule has 0 amide bonds. The van der Waals surface area contributed by atoms with Gasteiger partial charge < -0.3 is 10.6 Å². The van der Waals surface area contributed by atoms with Crippen LogP contribution in [0.3, 0.4) is 0 Å². The Bertz CT molecular complexity index is 1620. The van der Waals surface area contributed by atoms with Crippen LogP contribution in [0.1, 0.15) is 47.8 Å². The van der Waals surface area contributed by atoms with Gasteiger partial charge in [0.1, 0.15) is 17.8 Å². The molecule has 2 heterocycles. The number of nitrogens with one attached hydrogen (secondary N) is 3. The number of H-pyrrole nitrogens is 1. The molecule has 0 saturated carbocycles. The number of hydrogen-bond donors (Lipinski definition) is 3. The number of nitriles is 1. The zero-order valence-electron chi connectivity index (χ0n) is 20.2. The molecule has 0 saturated heterocycles. The van der Waals surface area contributed by atoms with Crippen LogP contribution >= 0.6 is 11.6 Å². The van der Waals surface area contributed by atoms with Gasteiger partial charge in [0.2, 0.25) is 0 Å². The zero-order chi connectivity index (χ0) is 26.6. The van der Waals surface area contributed by atoms with E-state index in [2.05, 4.69) is 44.0 Å². The summed E-state index contributed by atoms with van der Waals surface area (Å²) in [5, 5.41) is 27.9. The lowest BCUT2D eigenvalue weighted by atomic mass is 10.0. The number of nitrogens with zero attached hydrogens (tertiary/aromatic N) is 4. The van der Waals surface area contributed by atoms with Crippen LogP contribution in [0, 0.1) is 23.0 Å². The van der Waals surface area contributed by atoms with Crippen molar-refractivity contribution in [1.82, 2.24) is 20.4 Å². The minimum atomic E-state index is -0.996.